The number of amides is 2. The first-order valence-corrected chi connectivity index (χ1v) is 15.0. The molecule has 42 heavy (non-hydrogen) atoms. The first kappa shape index (κ1) is 32.4. The molecule has 3 aromatic carbocycles. The lowest BCUT2D eigenvalue weighted by atomic mass is 10.1. The third-order valence-electron chi connectivity index (χ3n) is 6.67. The summed E-state index contributed by atoms with van der Waals surface area (Å²) in [5, 5.41) is 2.85. The van der Waals surface area contributed by atoms with Crippen LogP contribution in [0, 0.1) is 11.7 Å². The highest BCUT2D eigenvalue weighted by atomic mass is 32.2. The zero-order valence-corrected chi connectivity index (χ0v) is 25.4. The molecule has 0 saturated heterocycles. The van der Waals surface area contributed by atoms with Crippen molar-refractivity contribution in [1.29, 1.82) is 0 Å². The molecule has 1 unspecified atom stereocenters. The van der Waals surface area contributed by atoms with Crippen LogP contribution in [0.1, 0.15) is 26.3 Å². The van der Waals surface area contributed by atoms with E-state index in [1.165, 1.54) is 49.5 Å². The number of carbonyl (C=O) groups is 2. The molecular weight excluding hydrogens is 561 g/mol. The van der Waals surface area contributed by atoms with E-state index in [0.29, 0.717) is 18.7 Å². The van der Waals surface area contributed by atoms with Crippen LogP contribution in [0.5, 0.6) is 11.5 Å². The van der Waals surface area contributed by atoms with Gasteiger partial charge in [-0.3, -0.25) is 13.9 Å². The number of nitrogens with zero attached hydrogens (tertiary/aromatic N) is 2. The van der Waals surface area contributed by atoms with Gasteiger partial charge in [-0.15, -0.1) is 0 Å². The van der Waals surface area contributed by atoms with E-state index in [2.05, 4.69) is 5.32 Å². The van der Waals surface area contributed by atoms with Crippen LogP contribution in [0.15, 0.2) is 77.7 Å². The Hall–Kier alpha value is -4.12. The summed E-state index contributed by atoms with van der Waals surface area (Å²) in [5.41, 5.74) is 1.04. The van der Waals surface area contributed by atoms with Gasteiger partial charge >= 0.3 is 0 Å². The normalized spacial score (nSPS) is 12.0. The van der Waals surface area contributed by atoms with Crippen molar-refractivity contribution in [3.63, 3.8) is 0 Å². The molecule has 0 saturated carbocycles. The van der Waals surface area contributed by atoms with Crippen LogP contribution in [0.4, 0.5) is 10.1 Å². The maximum atomic E-state index is 14.0. The SMILES string of the molecule is COc1ccc(S(=O)(=O)N(CC(=O)N(CCc2ccccc2)C(C)C(=O)NCC(C)C)c2ccc(F)cc2)cc1OC. The molecule has 9 nitrogen and oxygen atoms in total. The number of hydrogen-bond acceptors (Lipinski definition) is 6. The quantitative estimate of drug-likeness (QED) is 0.297. The Balaban J connectivity index is 2.00. The molecule has 3 rings (SSSR count). The molecule has 0 heterocycles. The largest absolute Gasteiger partial charge is 0.493 e. The van der Waals surface area contributed by atoms with Crippen LogP contribution in [-0.2, 0) is 26.0 Å². The van der Waals surface area contributed by atoms with Gasteiger partial charge in [0.15, 0.2) is 11.5 Å². The highest BCUT2D eigenvalue weighted by Gasteiger charge is 2.33. The Kier molecular flexibility index (Phi) is 11.3. The third kappa shape index (κ3) is 8.22. The van der Waals surface area contributed by atoms with Crippen molar-refractivity contribution in [2.75, 3.05) is 38.2 Å². The molecule has 11 heteroatoms. The Morgan fingerprint density at radius 1 is 0.905 bits per heavy atom. The fraction of sp³-hybridized carbons (Fsp3) is 0.355. The van der Waals surface area contributed by atoms with Gasteiger partial charge in [-0.25, -0.2) is 12.8 Å². The minimum absolute atomic E-state index is 0.0828. The number of ether oxygens (including phenoxy) is 2. The number of halogens is 1. The summed E-state index contributed by atoms with van der Waals surface area (Å²) < 4.78 is 53.2. The molecule has 0 aromatic heterocycles. The molecule has 0 aliphatic carbocycles. The van der Waals surface area contributed by atoms with Gasteiger partial charge in [0.1, 0.15) is 18.4 Å². The second kappa shape index (κ2) is 14.7. The van der Waals surface area contributed by atoms with Crippen molar-refractivity contribution >= 4 is 27.5 Å². The maximum absolute atomic E-state index is 14.0. The van der Waals surface area contributed by atoms with Gasteiger partial charge in [0.05, 0.1) is 24.8 Å². The number of methoxy groups -OCH3 is 2. The zero-order chi connectivity index (χ0) is 30.9. The van der Waals surface area contributed by atoms with Crippen molar-refractivity contribution < 1.29 is 31.9 Å². The zero-order valence-electron chi connectivity index (χ0n) is 24.5. The minimum Gasteiger partial charge on any atom is -0.493 e. The summed E-state index contributed by atoms with van der Waals surface area (Å²) in [5.74, 6) is -0.783. The lowest BCUT2D eigenvalue weighted by Gasteiger charge is -2.32. The molecule has 0 radical (unpaired) electrons. The Morgan fingerprint density at radius 3 is 2.14 bits per heavy atom. The van der Waals surface area contributed by atoms with Crippen LogP contribution in [-0.4, -0.2) is 65.0 Å². The van der Waals surface area contributed by atoms with Crippen LogP contribution in [0.2, 0.25) is 0 Å². The lowest BCUT2D eigenvalue weighted by Crippen LogP contribution is -2.52. The number of anilines is 1. The molecule has 0 bridgehead atoms. The third-order valence-corrected chi connectivity index (χ3v) is 8.44. The van der Waals surface area contributed by atoms with E-state index in [9.17, 15) is 22.4 Å². The molecule has 226 valence electrons. The van der Waals surface area contributed by atoms with Gasteiger partial charge in [0, 0.05) is 19.2 Å². The van der Waals surface area contributed by atoms with E-state index in [1.54, 1.807) is 6.92 Å². The second-order valence-electron chi connectivity index (χ2n) is 10.1. The van der Waals surface area contributed by atoms with Crippen molar-refractivity contribution in [3.8, 4) is 11.5 Å². The van der Waals surface area contributed by atoms with Crippen LogP contribution in [0.3, 0.4) is 0 Å². The predicted octanol–water partition coefficient (Wildman–Crippen LogP) is 4.27. The summed E-state index contributed by atoms with van der Waals surface area (Å²) in [7, 11) is -1.55. The smallest absolute Gasteiger partial charge is 0.264 e. The van der Waals surface area contributed by atoms with Crippen molar-refractivity contribution in [2.24, 2.45) is 5.92 Å². The van der Waals surface area contributed by atoms with Crippen molar-refractivity contribution in [1.82, 2.24) is 10.2 Å². The first-order valence-electron chi connectivity index (χ1n) is 13.6. The summed E-state index contributed by atoms with van der Waals surface area (Å²) in [4.78, 5) is 28.2. The molecular formula is C31H38FN3O6S. The molecule has 0 aliphatic heterocycles. The van der Waals surface area contributed by atoms with Crippen molar-refractivity contribution in [3.05, 3.63) is 84.2 Å². The Morgan fingerprint density at radius 2 is 1.55 bits per heavy atom. The summed E-state index contributed by atoms with van der Waals surface area (Å²) in [6.45, 7) is 5.51. The van der Waals surface area contributed by atoms with Crippen molar-refractivity contribution in [2.45, 2.75) is 38.1 Å². The van der Waals surface area contributed by atoms with Crippen LogP contribution < -0.4 is 19.1 Å². The standard InChI is InChI=1S/C31H38FN3O6S/c1-22(2)20-33-31(37)23(3)34(18-17-24-9-7-6-8-10-24)30(36)21-35(26-13-11-25(32)12-14-26)42(38,39)27-15-16-28(40-4)29(19-27)41-5/h6-16,19,22-23H,17-18,20-21H2,1-5H3,(H,33,37). The summed E-state index contributed by atoms with van der Waals surface area (Å²) in [6.07, 6.45) is 0.452. The highest BCUT2D eigenvalue weighted by molar-refractivity contribution is 7.92. The van der Waals surface area contributed by atoms with E-state index in [1.807, 2.05) is 44.2 Å². The highest BCUT2D eigenvalue weighted by Crippen LogP contribution is 2.32. The van der Waals surface area contributed by atoms with Crippen LogP contribution >= 0.6 is 0 Å². The predicted molar refractivity (Wildman–Crippen MR) is 160 cm³/mol. The van der Waals surface area contributed by atoms with Gasteiger partial charge in [-0.05, 0) is 61.2 Å². The van der Waals surface area contributed by atoms with Gasteiger partial charge in [-0.2, -0.15) is 0 Å². The molecule has 1 N–H and O–H groups in total. The van der Waals surface area contributed by atoms with Crippen LogP contribution in [0.25, 0.3) is 0 Å². The average molecular weight is 600 g/mol. The number of hydrogen-bond donors (Lipinski definition) is 1. The van der Waals surface area contributed by atoms with E-state index < -0.39 is 34.3 Å². The summed E-state index contributed by atoms with van der Waals surface area (Å²) in [6, 6.07) is 17.5. The van der Waals surface area contributed by atoms with E-state index in [-0.39, 0.29) is 34.7 Å². The molecule has 0 fully saturated rings. The van der Waals surface area contributed by atoms with E-state index >= 15 is 0 Å². The molecule has 0 aliphatic rings. The van der Waals surface area contributed by atoms with E-state index in [0.717, 1.165) is 22.0 Å². The Labute approximate surface area is 247 Å². The summed E-state index contributed by atoms with van der Waals surface area (Å²) >= 11 is 0. The number of benzene rings is 3. The fourth-order valence-electron chi connectivity index (χ4n) is 4.26. The lowest BCUT2D eigenvalue weighted by molar-refractivity contribution is -0.138. The average Bonchev–Trinajstić information content (AvgIpc) is 2.99. The molecule has 0 spiro atoms. The van der Waals surface area contributed by atoms with Gasteiger partial charge in [0.25, 0.3) is 10.0 Å². The van der Waals surface area contributed by atoms with Gasteiger partial charge in [-0.1, -0.05) is 44.2 Å². The fourth-order valence-corrected chi connectivity index (χ4v) is 5.69. The minimum atomic E-state index is -4.36. The van der Waals surface area contributed by atoms with Gasteiger partial charge < -0.3 is 19.7 Å². The molecule has 1 atom stereocenters. The number of rotatable bonds is 14. The van der Waals surface area contributed by atoms with E-state index in [4.69, 9.17) is 9.47 Å². The number of nitrogens with one attached hydrogen (secondary N) is 1. The number of carbonyl (C=O) groups excluding carboxylic acids is 2. The monoisotopic (exact) mass is 599 g/mol. The Bertz CT molecular complexity index is 1450. The molecule has 2 amide bonds. The second-order valence-corrected chi connectivity index (χ2v) is 12.0. The topological polar surface area (TPSA) is 105 Å². The molecule has 3 aromatic rings. The number of sulfonamides is 1. The first-order chi connectivity index (χ1) is 20.0. The maximum Gasteiger partial charge on any atom is 0.264 e. The van der Waals surface area contributed by atoms with Gasteiger partial charge in [0.2, 0.25) is 11.8 Å².